The molecule has 6 nitrogen and oxygen atoms in total. The summed E-state index contributed by atoms with van der Waals surface area (Å²) < 4.78 is 19.6. The quantitative estimate of drug-likeness (QED) is 0.863. The number of ether oxygens (including phenoxy) is 1. The van der Waals surface area contributed by atoms with Gasteiger partial charge in [0.05, 0.1) is 18.8 Å². The Balaban J connectivity index is 2.28. The number of aromatic nitrogens is 3. The lowest BCUT2D eigenvalue weighted by molar-refractivity contribution is 0.0688. The molecule has 0 spiro atoms. The van der Waals surface area contributed by atoms with Gasteiger partial charge in [-0.3, -0.25) is 0 Å². The van der Waals surface area contributed by atoms with Crippen molar-refractivity contribution in [1.29, 1.82) is 0 Å². The van der Waals surface area contributed by atoms with Crippen LogP contribution >= 0.6 is 0 Å². The van der Waals surface area contributed by atoms with E-state index in [2.05, 4.69) is 10.3 Å². The average molecular weight is 279 g/mol. The third-order valence-corrected chi connectivity index (χ3v) is 2.80. The molecule has 1 N–H and O–H groups in total. The van der Waals surface area contributed by atoms with Crippen LogP contribution < -0.4 is 0 Å². The second kappa shape index (κ2) is 6.25. The van der Waals surface area contributed by atoms with Gasteiger partial charge >= 0.3 is 5.97 Å². The van der Waals surface area contributed by atoms with Gasteiger partial charge in [-0.1, -0.05) is 17.3 Å². The molecule has 1 aromatic heterocycles. The maximum atomic E-state index is 13.1. The van der Waals surface area contributed by atoms with E-state index < -0.39 is 5.97 Å². The summed E-state index contributed by atoms with van der Waals surface area (Å²) in [6.07, 6.45) is 0.375. The van der Waals surface area contributed by atoms with Gasteiger partial charge in [-0.25, -0.2) is 13.9 Å². The molecule has 106 valence electrons. The molecule has 0 saturated heterocycles. The third kappa shape index (κ3) is 3.18. The number of halogens is 1. The van der Waals surface area contributed by atoms with E-state index in [4.69, 9.17) is 9.84 Å². The van der Waals surface area contributed by atoms with Crippen LogP contribution in [0.5, 0.6) is 0 Å². The van der Waals surface area contributed by atoms with Gasteiger partial charge in [-0.05, 0) is 17.7 Å². The van der Waals surface area contributed by atoms with E-state index in [-0.39, 0.29) is 18.1 Å². The molecule has 0 atom stereocenters. The number of carbonyl (C=O) groups is 1. The first kappa shape index (κ1) is 14.1. The van der Waals surface area contributed by atoms with Gasteiger partial charge in [0.25, 0.3) is 0 Å². The summed E-state index contributed by atoms with van der Waals surface area (Å²) in [4.78, 5) is 11.1. The molecule has 1 heterocycles. The predicted octanol–water partition coefficient (Wildman–Crippen LogP) is 1.35. The highest BCUT2D eigenvalue weighted by Gasteiger charge is 2.18. The number of benzene rings is 1. The molecule has 2 rings (SSSR count). The molecule has 0 fully saturated rings. The minimum atomic E-state index is -1.14. The highest BCUT2D eigenvalue weighted by Crippen LogP contribution is 2.11. The second-order valence-electron chi connectivity index (χ2n) is 4.22. The highest BCUT2D eigenvalue weighted by atomic mass is 19.1. The first-order valence-corrected chi connectivity index (χ1v) is 6.01. The standard InChI is InChI=1S/C13H14FN3O3/c1-20-6-5-11-12(13(18)19)15-16-17(11)8-9-3-2-4-10(14)7-9/h2-4,7H,5-6,8H2,1H3,(H,18,19). The Bertz CT molecular complexity index is 613. The predicted molar refractivity (Wildman–Crippen MR) is 68.1 cm³/mol. The molecule has 0 aliphatic rings. The van der Waals surface area contributed by atoms with E-state index in [0.29, 0.717) is 24.3 Å². The Morgan fingerprint density at radius 1 is 1.50 bits per heavy atom. The fourth-order valence-electron chi connectivity index (χ4n) is 1.88. The molecular weight excluding hydrogens is 265 g/mol. The number of nitrogens with zero attached hydrogens (tertiary/aromatic N) is 3. The minimum absolute atomic E-state index is 0.0987. The molecular formula is C13H14FN3O3. The number of aromatic carboxylic acids is 1. The van der Waals surface area contributed by atoms with Gasteiger partial charge in [-0.2, -0.15) is 0 Å². The Labute approximate surface area is 114 Å². The van der Waals surface area contributed by atoms with Crippen molar-refractivity contribution < 1.29 is 19.0 Å². The normalized spacial score (nSPS) is 10.7. The van der Waals surface area contributed by atoms with Crippen LogP contribution in [0.1, 0.15) is 21.7 Å². The maximum absolute atomic E-state index is 13.1. The molecule has 2 aromatic rings. The van der Waals surface area contributed by atoms with E-state index in [1.165, 1.54) is 23.9 Å². The monoisotopic (exact) mass is 279 g/mol. The van der Waals surface area contributed by atoms with Crippen molar-refractivity contribution in [3.63, 3.8) is 0 Å². The smallest absolute Gasteiger partial charge is 0.358 e. The molecule has 20 heavy (non-hydrogen) atoms. The third-order valence-electron chi connectivity index (χ3n) is 2.80. The molecule has 0 aliphatic carbocycles. The molecule has 0 amide bonds. The largest absolute Gasteiger partial charge is 0.476 e. The van der Waals surface area contributed by atoms with Crippen LogP contribution in [0.2, 0.25) is 0 Å². The first-order chi connectivity index (χ1) is 9.61. The van der Waals surface area contributed by atoms with Crippen molar-refractivity contribution in [3.8, 4) is 0 Å². The van der Waals surface area contributed by atoms with E-state index in [1.54, 1.807) is 12.1 Å². The van der Waals surface area contributed by atoms with Crippen molar-refractivity contribution in [2.75, 3.05) is 13.7 Å². The van der Waals surface area contributed by atoms with E-state index >= 15 is 0 Å². The summed E-state index contributed by atoms with van der Waals surface area (Å²) in [7, 11) is 1.53. The van der Waals surface area contributed by atoms with Crippen molar-refractivity contribution in [1.82, 2.24) is 15.0 Å². The summed E-state index contributed by atoms with van der Waals surface area (Å²) in [6, 6.07) is 6.06. The van der Waals surface area contributed by atoms with Crippen molar-refractivity contribution in [2.24, 2.45) is 0 Å². The lowest BCUT2D eigenvalue weighted by Gasteiger charge is -2.07. The number of methoxy groups -OCH3 is 1. The van der Waals surface area contributed by atoms with Crippen LogP contribution in [-0.4, -0.2) is 39.8 Å². The Kier molecular flexibility index (Phi) is 4.41. The van der Waals surface area contributed by atoms with Gasteiger partial charge in [0.15, 0.2) is 5.69 Å². The number of hydrogen-bond acceptors (Lipinski definition) is 4. The van der Waals surface area contributed by atoms with Gasteiger partial charge in [-0.15, -0.1) is 5.10 Å². The minimum Gasteiger partial charge on any atom is -0.476 e. The number of hydrogen-bond donors (Lipinski definition) is 1. The maximum Gasteiger partial charge on any atom is 0.358 e. The second-order valence-corrected chi connectivity index (χ2v) is 4.22. The first-order valence-electron chi connectivity index (χ1n) is 6.01. The van der Waals surface area contributed by atoms with Crippen molar-refractivity contribution in [2.45, 2.75) is 13.0 Å². The number of rotatable bonds is 6. The Hall–Kier alpha value is -2.28. The van der Waals surface area contributed by atoms with Gasteiger partial charge < -0.3 is 9.84 Å². The summed E-state index contributed by atoms with van der Waals surface area (Å²) in [5.74, 6) is -1.49. The zero-order valence-electron chi connectivity index (χ0n) is 10.9. The summed E-state index contributed by atoms with van der Waals surface area (Å²) in [6.45, 7) is 0.619. The lowest BCUT2D eigenvalue weighted by Crippen LogP contribution is -2.11. The topological polar surface area (TPSA) is 77.2 Å². The van der Waals surface area contributed by atoms with Gasteiger partial charge in [0.2, 0.25) is 0 Å². The molecule has 0 aliphatic heterocycles. The molecule has 1 aromatic carbocycles. The fraction of sp³-hybridized carbons (Fsp3) is 0.308. The summed E-state index contributed by atoms with van der Waals surface area (Å²) >= 11 is 0. The van der Waals surface area contributed by atoms with Crippen LogP contribution in [0.25, 0.3) is 0 Å². The summed E-state index contributed by atoms with van der Waals surface area (Å²) in [5, 5.41) is 16.5. The van der Waals surface area contributed by atoms with Crippen LogP contribution in [0.3, 0.4) is 0 Å². The molecule has 7 heteroatoms. The van der Waals surface area contributed by atoms with E-state index in [1.807, 2.05) is 0 Å². The zero-order chi connectivity index (χ0) is 14.5. The van der Waals surface area contributed by atoms with Gasteiger partial charge in [0, 0.05) is 13.5 Å². The van der Waals surface area contributed by atoms with Crippen LogP contribution in [-0.2, 0) is 17.7 Å². The molecule has 0 bridgehead atoms. The molecule has 0 saturated carbocycles. The molecule has 0 unspecified atom stereocenters. The molecule has 0 radical (unpaired) electrons. The fourth-order valence-corrected chi connectivity index (χ4v) is 1.88. The van der Waals surface area contributed by atoms with Gasteiger partial charge in [0.1, 0.15) is 5.82 Å². The van der Waals surface area contributed by atoms with Crippen LogP contribution in [0, 0.1) is 5.82 Å². The number of carboxylic acid groups (broad SMARTS) is 1. The van der Waals surface area contributed by atoms with Crippen molar-refractivity contribution >= 4 is 5.97 Å². The lowest BCUT2D eigenvalue weighted by atomic mass is 10.2. The van der Waals surface area contributed by atoms with E-state index in [0.717, 1.165) is 0 Å². The highest BCUT2D eigenvalue weighted by molar-refractivity contribution is 5.86. The zero-order valence-corrected chi connectivity index (χ0v) is 10.9. The summed E-state index contributed by atoms with van der Waals surface area (Å²) in [5.41, 5.74) is 1.05. The average Bonchev–Trinajstić information content (AvgIpc) is 2.79. The van der Waals surface area contributed by atoms with Crippen LogP contribution in [0.15, 0.2) is 24.3 Å². The number of carboxylic acids is 1. The van der Waals surface area contributed by atoms with E-state index in [9.17, 15) is 9.18 Å². The Morgan fingerprint density at radius 3 is 2.95 bits per heavy atom. The SMILES string of the molecule is COCCc1c(C(=O)O)nnn1Cc1cccc(F)c1. The van der Waals surface area contributed by atoms with Crippen molar-refractivity contribution in [3.05, 3.63) is 47.0 Å². The van der Waals surface area contributed by atoms with Crippen LogP contribution in [0.4, 0.5) is 4.39 Å². The Morgan fingerprint density at radius 2 is 2.30 bits per heavy atom.